The van der Waals surface area contributed by atoms with Crippen molar-refractivity contribution in [2.24, 2.45) is 0 Å². The number of thiophene rings is 1. The van der Waals surface area contributed by atoms with Crippen molar-refractivity contribution in [2.75, 3.05) is 5.32 Å². The number of halogens is 1. The van der Waals surface area contributed by atoms with Crippen molar-refractivity contribution in [3.8, 4) is 11.3 Å². The molecule has 25 heavy (non-hydrogen) atoms. The Balaban J connectivity index is 1.56. The van der Waals surface area contributed by atoms with Crippen LogP contribution < -0.4 is 10.6 Å². The van der Waals surface area contributed by atoms with Crippen LogP contribution in [0.2, 0.25) is 5.02 Å². The second kappa shape index (κ2) is 8.35. The van der Waals surface area contributed by atoms with Gasteiger partial charge in [0.1, 0.15) is 0 Å². The van der Waals surface area contributed by atoms with Crippen LogP contribution in [0.1, 0.15) is 4.88 Å². The molecule has 8 heteroatoms. The molecule has 0 unspecified atom stereocenters. The molecule has 0 saturated carbocycles. The van der Waals surface area contributed by atoms with E-state index in [1.54, 1.807) is 17.4 Å². The molecule has 0 bridgehead atoms. The zero-order valence-corrected chi connectivity index (χ0v) is 15.9. The molecule has 2 heterocycles. The number of carbonyl (C=O) groups is 1. The summed E-state index contributed by atoms with van der Waals surface area (Å²) in [4.78, 5) is 17.3. The molecule has 2 N–H and O–H groups in total. The number of benzene rings is 1. The van der Waals surface area contributed by atoms with E-state index in [-0.39, 0.29) is 11.0 Å². The minimum atomic E-state index is -0.291. The van der Waals surface area contributed by atoms with E-state index in [4.69, 9.17) is 23.8 Å². The third-order valence-electron chi connectivity index (χ3n) is 3.04. The Hall–Kier alpha value is -2.06. The number of carbonyl (C=O) groups excluding carboxylic acids is 1. The Labute approximate surface area is 163 Å². The summed E-state index contributed by atoms with van der Waals surface area (Å²) >= 11 is 14.0. The fourth-order valence-corrected chi connectivity index (χ4v) is 3.64. The van der Waals surface area contributed by atoms with E-state index >= 15 is 0 Å². The monoisotopic (exact) mass is 405 g/mol. The average molecular weight is 406 g/mol. The van der Waals surface area contributed by atoms with Gasteiger partial charge in [-0.3, -0.25) is 10.1 Å². The summed E-state index contributed by atoms with van der Waals surface area (Å²) in [5.74, 6) is -0.291. The van der Waals surface area contributed by atoms with Crippen LogP contribution in [0.3, 0.4) is 0 Å². The van der Waals surface area contributed by atoms with Gasteiger partial charge in [0.15, 0.2) is 10.2 Å². The van der Waals surface area contributed by atoms with Gasteiger partial charge in [0, 0.05) is 26.9 Å². The number of anilines is 1. The van der Waals surface area contributed by atoms with Gasteiger partial charge in [-0.05, 0) is 41.9 Å². The highest BCUT2D eigenvalue weighted by Gasteiger charge is 2.07. The molecule has 126 valence electrons. The van der Waals surface area contributed by atoms with Crippen molar-refractivity contribution in [1.29, 1.82) is 0 Å². The summed E-state index contributed by atoms with van der Waals surface area (Å²) in [6.45, 7) is 0. The third kappa shape index (κ3) is 5.20. The number of aromatic nitrogens is 1. The van der Waals surface area contributed by atoms with Crippen LogP contribution in [0.5, 0.6) is 0 Å². The number of thiocarbonyl (C=S) groups is 1. The quantitative estimate of drug-likeness (QED) is 0.471. The Morgan fingerprint density at radius 3 is 2.72 bits per heavy atom. The van der Waals surface area contributed by atoms with Gasteiger partial charge in [-0.1, -0.05) is 29.8 Å². The summed E-state index contributed by atoms with van der Waals surface area (Å²) in [6.07, 6.45) is 3.19. The van der Waals surface area contributed by atoms with E-state index in [2.05, 4.69) is 15.6 Å². The lowest BCUT2D eigenvalue weighted by Crippen LogP contribution is -2.32. The first-order valence-electron chi connectivity index (χ1n) is 7.15. The number of rotatable bonds is 4. The first kappa shape index (κ1) is 17.8. The Kier molecular flexibility index (Phi) is 5.93. The van der Waals surface area contributed by atoms with Crippen LogP contribution in [0.25, 0.3) is 17.3 Å². The fourth-order valence-electron chi connectivity index (χ4n) is 1.91. The highest BCUT2D eigenvalue weighted by Crippen LogP contribution is 2.25. The van der Waals surface area contributed by atoms with Crippen molar-refractivity contribution >= 4 is 68.7 Å². The minimum Gasteiger partial charge on any atom is -0.308 e. The maximum absolute atomic E-state index is 11.8. The van der Waals surface area contributed by atoms with Crippen molar-refractivity contribution in [3.63, 3.8) is 0 Å². The van der Waals surface area contributed by atoms with Gasteiger partial charge < -0.3 is 5.32 Å². The van der Waals surface area contributed by atoms with E-state index in [0.717, 1.165) is 16.1 Å². The average Bonchev–Trinajstić information content (AvgIpc) is 3.25. The smallest absolute Gasteiger partial charge is 0.250 e. The van der Waals surface area contributed by atoms with E-state index in [9.17, 15) is 4.79 Å². The summed E-state index contributed by atoms with van der Waals surface area (Å²) in [5.41, 5.74) is 1.78. The number of hydrogen-bond donors (Lipinski definition) is 2. The summed E-state index contributed by atoms with van der Waals surface area (Å²) < 4.78 is 0. The zero-order valence-electron chi connectivity index (χ0n) is 12.7. The Morgan fingerprint density at radius 1 is 1.20 bits per heavy atom. The maximum atomic E-state index is 11.8. The van der Waals surface area contributed by atoms with Crippen molar-refractivity contribution in [1.82, 2.24) is 10.3 Å². The first-order chi connectivity index (χ1) is 12.1. The predicted molar refractivity (Wildman–Crippen MR) is 110 cm³/mol. The molecule has 3 aromatic rings. The summed E-state index contributed by atoms with van der Waals surface area (Å²) in [7, 11) is 0. The molecule has 3 rings (SSSR count). The third-order valence-corrected chi connectivity index (χ3v) is 5.09. The maximum Gasteiger partial charge on any atom is 0.250 e. The van der Waals surface area contributed by atoms with Gasteiger partial charge in [-0.2, -0.15) is 0 Å². The lowest BCUT2D eigenvalue weighted by atomic mass is 10.2. The van der Waals surface area contributed by atoms with E-state index in [1.165, 1.54) is 17.4 Å². The van der Waals surface area contributed by atoms with Crippen LogP contribution in [-0.2, 0) is 4.79 Å². The first-order valence-corrected chi connectivity index (χ1v) is 9.70. The Bertz CT molecular complexity index is 902. The predicted octanol–water partition coefficient (Wildman–Crippen LogP) is 5.05. The molecule has 1 amide bonds. The van der Waals surface area contributed by atoms with Crippen LogP contribution in [0.15, 0.2) is 53.2 Å². The molecule has 4 nitrogen and oxygen atoms in total. The molecule has 2 aromatic heterocycles. The molecule has 0 aliphatic heterocycles. The molecule has 1 aromatic carbocycles. The zero-order chi connectivity index (χ0) is 17.6. The van der Waals surface area contributed by atoms with Crippen LogP contribution in [0, 0.1) is 0 Å². The Morgan fingerprint density at radius 2 is 2.00 bits per heavy atom. The molecule has 0 saturated heterocycles. The van der Waals surface area contributed by atoms with E-state index < -0.39 is 0 Å². The number of amides is 1. The van der Waals surface area contributed by atoms with Gasteiger partial charge >= 0.3 is 0 Å². The lowest BCUT2D eigenvalue weighted by Gasteiger charge is -2.04. The second-order valence-corrected chi connectivity index (χ2v) is 7.52. The van der Waals surface area contributed by atoms with Crippen LogP contribution >= 0.6 is 46.5 Å². The van der Waals surface area contributed by atoms with E-state index in [1.807, 2.05) is 47.2 Å². The van der Waals surface area contributed by atoms with Crippen molar-refractivity contribution < 1.29 is 4.79 Å². The highest BCUT2D eigenvalue weighted by molar-refractivity contribution is 7.80. The van der Waals surface area contributed by atoms with Crippen molar-refractivity contribution in [2.45, 2.75) is 0 Å². The minimum absolute atomic E-state index is 0.206. The standard InChI is InChI=1S/C17H12ClN3OS3/c18-12-5-3-11(4-6-12)14-10-25-17(19-14)21-16(23)20-15(22)8-7-13-2-1-9-24-13/h1-10H,(H2,19,20,21,22,23)/b8-7+. The van der Waals surface area contributed by atoms with Gasteiger partial charge in [-0.15, -0.1) is 22.7 Å². The number of hydrogen-bond acceptors (Lipinski definition) is 5. The molecular formula is C17H12ClN3OS3. The molecule has 0 aliphatic carbocycles. The number of nitrogens with one attached hydrogen (secondary N) is 2. The highest BCUT2D eigenvalue weighted by atomic mass is 35.5. The van der Waals surface area contributed by atoms with Crippen LogP contribution in [0.4, 0.5) is 5.13 Å². The van der Waals surface area contributed by atoms with Gasteiger partial charge in [0.05, 0.1) is 5.69 Å². The topological polar surface area (TPSA) is 54.0 Å². The summed E-state index contributed by atoms with van der Waals surface area (Å²) in [6, 6.07) is 11.3. The van der Waals surface area contributed by atoms with Crippen LogP contribution in [-0.4, -0.2) is 16.0 Å². The fraction of sp³-hybridized carbons (Fsp3) is 0. The molecule has 0 radical (unpaired) electrons. The number of nitrogens with zero attached hydrogens (tertiary/aromatic N) is 1. The molecule has 0 spiro atoms. The van der Waals surface area contributed by atoms with Crippen molar-refractivity contribution in [3.05, 3.63) is 63.1 Å². The molecule has 0 aliphatic rings. The number of thiazole rings is 1. The lowest BCUT2D eigenvalue weighted by molar-refractivity contribution is -0.115. The van der Waals surface area contributed by atoms with Gasteiger partial charge in [0.25, 0.3) is 0 Å². The van der Waals surface area contributed by atoms with Gasteiger partial charge in [0.2, 0.25) is 5.91 Å². The van der Waals surface area contributed by atoms with E-state index in [0.29, 0.717) is 10.2 Å². The summed E-state index contributed by atoms with van der Waals surface area (Å²) in [5, 5.41) is 10.9. The SMILES string of the molecule is O=C(/C=C/c1cccs1)NC(=S)Nc1nc(-c2ccc(Cl)cc2)cs1. The second-order valence-electron chi connectivity index (χ2n) is 4.84. The molecule has 0 atom stereocenters. The molecule has 0 fully saturated rings. The van der Waals surface area contributed by atoms with Gasteiger partial charge in [-0.25, -0.2) is 4.98 Å². The normalized spacial score (nSPS) is 10.8. The molecular weight excluding hydrogens is 394 g/mol. The largest absolute Gasteiger partial charge is 0.308 e.